The minimum atomic E-state index is -3.42. The van der Waals surface area contributed by atoms with Crippen molar-refractivity contribution in [2.24, 2.45) is 0 Å². The lowest BCUT2D eigenvalue weighted by atomic mass is 10.2. The van der Waals surface area contributed by atoms with Gasteiger partial charge in [-0.05, 0) is 25.0 Å². The number of rotatable bonds is 4. The molecule has 0 aliphatic carbocycles. The van der Waals surface area contributed by atoms with Crippen LogP contribution >= 0.6 is 11.6 Å². The average molecular weight is 329 g/mol. The van der Waals surface area contributed by atoms with Gasteiger partial charge in [-0.3, -0.25) is 0 Å². The first-order valence-corrected chi connectivity index (χ1v) is 8.74. The highest BCUT2D eigenvalue weighted by atomic mass is 35.5. The molecule has 1 aliphatic heterocycles. The highest BCUT2D eigenvalue weighted by Gasteiger charge is 2.23. The molecule has 0 amide bonds. The maximum absolute atomic E-state index is 12.2. The predicted octanol–water partition coefficient (Wildman–Crippen LogP) is 1.81. The molecule has 1 saturated heterocycles. The van der Waals surface area contributed by atoms with Gasteiger partial charge in [0.25, 0.3) is 10.2 Å². The molecular weight excluding hydrogens is 312 g/mol. The van der Waals surface area contributed by atoms with Crippen molar-refractivity contribution in [3.8, 4) is 0 Å². The molecule has 0 atom stereocenters. The minimum absolute atomic E-state index is 0.179. The quantitative estimate of drug-likeness (QED) is 0.930. The number of hydrogen-bond acceptors (Lipinski definition) is 3. The standard InChI is InChI=1S/C13H17ClN4O2S/c14-11-4-5-13-16-12(10-17(13)9-11)8-15-21(19,20)18-6-2-1-3-7-18/h4-5,9-10,15H,1-3,6-8H2. The Morgan fingerprint density at radius 3 is 2.71 bits per heavy atom. The summed E-state index contributed by atoms with van der Waals surface area (Å²) in [4.78, 5) is 4.36. The van der Waals surface area contributed by atoms with Crippen molar-refractivity contribution in [1.82, 2.24) is 18.4 Å². The predicted molar refractivity (Wildman–Crippen MR) is 81.4 cm³/mol. The third kappa shape index (κ3) is 3.37. The molecule has 0 unspecified atom stereocenters. The van der Waals surface area contributed by atoms with Gasteiger partial charge in [0.15, 0.2) is 0 Å². The van der Waals surface area contributed by atoms with Gasteiger partial charge in [-0.15, -0.1) is 0 Å². The van der Waals surface area contributed by atoms with E-state index in [1.807, 2.05) is 0 Å². The summed E-state index contributed by atoms with van der Waals surface area (Å²) in [6.45, 7) is 1.37. The molecule has 8 heteroatoms. The van der Waals surface area contributed by atoms with Gasteiger partial charge >= 0.3 is 0 Å². The number of hydrogen-bond donors (Lipinski definition) is 1. The molecule has 0 spiro atoms. The Labute approximate surface area is 128 Å². The Morgan fingerprint density at radius 1 is 1.19 bits per heavy atom. The maximum atomic E-state index is 12.2. The smallest absolute Gasteiger partial charge is 0.279 e. The van der Waals surface area contributed by atoms with Crippen LogP contribution in [0.5, 0.6) is 0 Å². The van der Waals surface area contributed by atoms with Gasteiger partial charge in [-0.25, -0.2) is 4.98 Å². The normalized spacial score (nSPS) is 17.4. The van der Waals surface area contributed by atoms with E-state index < -0.39 is 10.2 Å². The van der Waals surface area contributed by atoms with Crippen LogP contribution in [0, 0.1) is 0 Å². The molecule has 3 rings (SSSR count). The SMILES string of the molecule is O=S(=O)(NCc1cn2cc(Cl)ccc2n1)N1CCCCC1. The monoisotopic (exact) mass is 328 g/mol. The molecule has 0 saturated carbocycles. The Bertz CT molecular complexity index is 738. The fraction of sp³-hybridized carbons (Fsp3) is 0.462. The zero-order valence-electron chi connectivity index (χ0n) is 11.5. The molecular formula is C13H17ClN4O2S. The summed E-state index contributed by atoms with van der Waals surface area (Å²) in [7, 11) is -3.42. The molecule has 2 aromatic rings. The Hall–Kier alpha value is -1.15. The zero-order valence-corrected chi connectivity index (χ0v) is 13.1. The van der Waals surface area contributed by atoms with Crippen molar-refractivity contribution in [3.63, 3.8) is 0 Å². The van der Waals surface area contributed by atoms with Crippen LogP contribution in [0.15, 0.2) is 24.5 Å². The number of fused-ring (bicyclic) bond motifs is 1. The van der Waals surface area contributed by atoms with Crippen molar-refractivity contribution < 1.29 is 8.42 Å². The van der Waals surface area contributed by atoms with Gasteiger partial charge in [0.1, 0.15) is 5.65 Å². The van der Waals surface area contributed by atoms with E-state index in [4.69, 9.17) is 11.6 Å². The van der Waals surface area contributed by atoms with Crippen molar-refractivity contribution in [2.45, 2.75) is 25.8 Å². The van der Waals surface area contributed by atoms with E-state index in [-0.39, 0.29) is 6.54 Å². The molecule has 1 N–H and O–H groups in total. The van der Waals surface area contributed by atoms with Crippen molar-refractivity contribution >= 4 is 27.5 Å². The van der Waals surface area contributed by atoms with Crippen LogP contribution in [-0.2, 0) is 16.8 Å². The molecule has 0 aromatic carbocycles. The number of pyridine rings is 1. The van der Waals surface area contributed by atoms with E-state index in [9.17, 15) is 8.42 Å². The molecule has 6 nitrogen and oxygen atoms in total. The number of imidazole rings is 1. The fourth-order valence-electron chi connectivity index (χ4n) is 2.46. The van der Waals surface area contributed by atoms with E-state index in [1.54, 1.807) is 28.9 Å². The van der Waals surface area contributed by atoms with Gasteiger partial charge in [0, 0.05) is 25.5 Å². The maximum Gasteiger partial charge on any atom is 0.279 e. The highest BCUT2D eigenvalue weighted by Crippen LogP contribution is 2.14. The van der Waals surface area contributed by atoms with Crippen LogP contribution < -0.4 is 4.72 Å². The average Bonchev–Trinajstić information content (AvgIpc) is 2.88. The van der Waals surface area contributed by atoms with E-state index >= 15 is 0 Å². The van der Waals surface area contributed by atoms with E-state index in [1.165, 1.54) is 4.31 Å². The van der Waals surface area contributed by atoms with Crippen LogP contribution in [0.3, 0.4) is 0 Å². The third-order valence-corrected chi connectivity index (χ3v) is 5.33. The molecule has 3 heterocycles. The summed E-state index contributed by atoms with van der Waals surface area (Å²) in [5.41, 5.74) is 1.41. The minimum Gasteiger partial charge on any atom is -0.305 e. The topological polar surface area (TPSA) is 66.7 Å². The van der Waals surface area contributed by atoms with Gasteiger partial charge in [0.05, 0.1) is 17.3 Å². The van der Waals surface area contributed by atoms with Crippen LogP contribution in [0.2, 0.25) is 5.02 Å². The van der Waals surface area contributed by atoms with Crippen LogP contribution in [-0.4, -0.2) is 35.2 Å². The number of piperidine rings is 1. The first kappa shape index (κ1) is 14.8. The number of nitrogens with one attached hydrogen (secondary N) is 1. The van der Waals surface area contributed by atoms with Gasteiger partial charge in [0.2, 0.25) is 0 Å². The zero-order chi connectivity index (χ0) is 14.9. The van der Waals surface area contributed by atoms with Crippen molar-refractivity contribution in [1.29, 1.82) is 0 Å². The van der Waals surface area contributed by atoms with Gasteiger partial charge in [-0.2, -0.15) is 17.4 Å². The molecule has 1 aliphatic rings. The third-order valence-electron chi connectivity index (χ3n) is 3.56. The van der Waals surface area contributed by atoms with Crippen molar-refractivity contribution in [3.05, 3.63) is 35.2 Å². The van der Waals surface area contributed by atoms with Gasteiger partial charge < -0.3 is 4.40 Å². The first-order valence-electron chi connectivity index (χ1n) is 6.92. The lowest BCUT2D eigenvalue weighted by Gasteiger charge is -2.25. The van der Waals surface area contributed by atoms with Crippen LogP contribution in [0.25, 0.3) is 5.65 Å². The molecule has 0 radical (unpaired) electrons. The molecule has 21 heavy (non-hydrogen) atoms. The van der Waals surface area contributed by atoms with E-state index in [2.05, 4.69) is 9.71 Å². The van der Waals surface area contributed by atoms with Gasteiger partial charge in [-0.1, -0.05) is 18.0 Å². The molecule has 114 valence electrons. The van der Waals surface area contributed by atoms with Crippen LogP contribution in [0.1, 0.15) is 25.0 Å². The second-order valence-electron chi connectivity index (χ2n) is 5.13. The summed E-state index contributed by atoms with van der Waals surface area (Å²) in [6, 6.07) is 3.55. The highest BCUT2D eigenvalue weighted by molar-refractivity contribution is 7.87. The van der Waals surface area contributed by atoms with E-state index in [0.29, 0.717) is 23.8 Å². The molecule has 1 fully saturated rings. The second-order valence-corrected chi connectivity index (χ2v) is 7.32. The Balaban J connectivity index is 1.70. The second kappa shape index (κ2) is 5.92. The van der Waals surface area contributed by atoms with Crippen molar-refractivity contribution in [2.75, 3.05) is 13.1 Å². The Kier molecular flexibility index (Phi) is 4.17. The lowest BCUT2D eigenvalue weighted by Crippen LogP contribution is -2.43. The Morgan fingerprint density at radius 2 is 1.95 bits per heavy atom. The first-order chi connectivity index (χ1) is 10.0. The lowest BCUT2D eigenvalue weighted by molar-refractivity contribution is 0.341. The van der Waals surface area contributed by atoms with Crippen LogP contribution in [0.4, 0.5) is 0 Å². The molecule has 0 bridgehead atoms. The molecule has 2 aromatic heterocycles. The summed E-state index contributed by atoms with van der Waals surface area (Å²) < 4.78 is 30.3. The summed E-state index contributed by atoms with van der Waals surface area (Å²) in [6.07, 6.45) is 6.47. The van der Waals surface area contributed by atoms with E-state index in [0.717, 1.165) is 24.9 Å². The fourth-order valence-corrected chi connectivity index (χ4v) is 3.88. The summed E-state index contributed by atoms with van der Waals surface area (Å²) in [5.74, 6) is 0. The number of nitrogens with zero attached hydrogens (tertiary/aromatic N) is 3. The number of aromatic nitrogens is 2. The number of halogens is 1. The summed E-state index contributed by atoms with van der Waals surface area (Å²) >= 11 is 5.91. The summed E-state index contributed by atoms with van der Waals surface area (Å²) in [5, 5.41) is 0.611. The largest absolute Gasteiger partial charge is 0.305 e.